The number of aromatic nitrogens is 6. The first-order chi connectivity index (χ1) is 33.5. The summed E-state index contributed by atoms with van der Waals surface area (Å²) < 4.78 is 15.4. The highest BCUT2D eigenvalue weighted by atomic mass is 32.1. The summed E-state index contributed by atoms with van der Waals surface area (Å²) in [5.41, 5.74) is 6.84. The Bertz CT molecular complexity index is 3150. The van der Waals surface area contributed by atoms with Crippen LogP contribution in [0.3, 0.4) is 0 Å². The minimum Gasteiger partial charge on any atom is -0.460 e. The second-order valence-electron chi connectivity index (χ2n) is 20.6. The zero-order valence-corrected chi connectivity index (χ0v) is 44.0. The maximum atomic E-state index is 14.0. The summed E-state index contributed by atoms with van der Waals surface area (Å²) in [4.78, 5) is 68.6. The number of amides is 2. The van der Waals surface area contributed by atoms with E-state index in [1.807, 2.05) is 106 Å². The molecule has 16 nitrogen and oxygen atoms in total. The van der Waals surface area contributed by atoms with Gasteiger partial charge in [0.2, 0.25) is 0 Å². The van der Waals surface area contributed by atoms with Crippen molar-refractivity contribution in [2.24, 2.45) is 9.98 Å². The van der Waals surface area contributed by atoms with Crippen LogP contribution in [0.1, 0.15) is 166 Å². The number of aryl methyl sites for hydroxylation is 4. The number of benzene rings is 2. The number of fused-ring (bicyclic) bond motifs is 6. The van der Waals surface area contributed by atoms with E-state index >= 15 is 0 Å². The van der Waals surface area contributed by atoms with Gasteiger partial charge in [-0.1, -0.05) is 24.3 Å². The molecule has 0 aliphatic carbocycles. The fraction of sp³-hybridized carbons (Fsp3) is 0.434. The third-order valence-electron chi connectivity index (χ3n) is 13.0. The Labute approximate surface area is 421 Å². The second kappa shape index (κ2) is 18.8. The van der Waals surface area contributed by atoms with Gasteiger partial charge < -0.3 is 19.7 Å². The van der Waals surface area contributed by atoms with Crippen molar-refractivity contribution in [2.75, 3.05) is 13.1 Å². The van der Waals surface area contributed by atoms with E-state index in [9.17, 15) is 19.2 Å². The van der Waals surface area contributed by atoms with Crippen LogP contribution in [0.2, 0.25) is 0 Å². The number of hydrogen-bond acceptors (Lipinski definition) is 14. The van der Waals surface area contributed by atoms with Gasteiger partial charge in [0.1, 0.15) is 44.9 Å². The van der Waals surface area contributed by atoms with Crippen LogP contribution < -0.4 is 5.32 Å². The molecule has 4 aromatic heterocycles. The Kier molecular flexibility index (Phi) is 13.1. The normalized spacial score (nSPS) is 16.9. The lowest BCUT2D eigenvalue weighted by molar-refractivity contribution is -0.156. The molecule has 0 spiro atoms. The molecule has 0 radical (unpaired) electrons. The first-order valence-corrected chi connectivity index (χ1v) is 25.6. The minimum atomic E-state index is -0.658. The van der Waals surface area contributed by atoms with Gasteiger partial charge in [-0.2, -0.15) is 0 Å². The van der Waals surface area contributed by atoms with E-state index in [0.717, 1.165) is 58.8 Å². The summed E-state index contributed by atoms with van der Waals surface area (Å²) in [5, 5.41) is 22.8. The van der Waals surface area contributed by atoms with Crippen molar-refractivity contribution in [3.63, 3.8) is 0 Å². The van der Waals surface area contributed by atoms with Crippen LogP contribution in [0.4, 0.5) is 0 Å². The number of hydrogen-bond donors (Lipinski definition) is 1. The molecule has 0 saturated carbocycles. The Morgan fingerprint density at radius 2 is 1.01 bits per heavy atom. The number of likely N-dealkylation sites (tertiary alicyclic amines) is 1. The van der Waals surface area contributed by atoms with Gasteiger partial charge in [-0.05, 0) is 131 Å². The molecule has 2 amide bonds. The van der Waals surface area contributed by atoms with Gasteiger partial charge in [0.05, 0.1) is 24.3 Å². The Morgan fingerprint density at radius 3 is 1.42 bits per heavy atom. The molecule has 1 fully saturated rings. The molecule has 3 aliphatic rings. The Morgan fingerprint density at radius 1 is 0.606 bits per heavy atom. The standard InChI is InChI=1S/C53H60N10O6S2/c1-27-29(3)70-50-42(27)44(55-38(25-40(64)68-52(7,8)9)46-59-57-31(5)62(46)50)33-13-17-35(18-14-33)48(66)54-37-21-23-61(24-22-37)49(67)36-19-15-34(16-20-36)45-43-28(2)30(4)71-51(43)63-32(6)58-60-47(63)39(56-45)26-41(65)69-53(10,11)12/h13-20,37-39H,21-26H2,1-12H3,(H,54,66)/t38-,39-/m0/s1. The van der Waals surface area contributed by atoms with Crippen molar-refractivity contribution in [1.82, 2.24) is 39.7 Å². The van der Waals surface area contributed by atoms with Crippen LogP contribution in [-0.4, -0.2) is 99.9 Å². The van der Waals surface area contributed by atoms with Crippen LogP contribution in [0.25, 0.3) is 10.0 Å². The minimum absolute atomic E-state index is 0.00965. The molecule has 6 aromatic rings. The molecule has 1 N–H and O–H groups in total. The number of nitrogens with one attached hydrogen (secondary N) is 1. The maximum absolute atomic E-state index is 14.0. The zero-order chi connectivity index (χ0) is 50.8. The lowest BCUT2D eigenvalue weighted by atomic mass is 9.97. The number of carbonyl (C=O) groups excluding carboxylic acids is 4. The highest BCUT2D eigenvalue weighted by molar-refractivity contribution is 7.15. The number of rotatable bonds is 9. The monoisotopic (exact) mass is 996 g/mol. The molecular weight excluding hydrogens is 937 g/mol. The third kappa shape index (κ3) is 9.88. The number of esters is 2. The van der Waals surface area contributed by atoms with Crippen molar-refractivity contribution >= 4 is 57.8 Å². The average molecular weight is 997 g/mol. The molecule has 71 heavy (non-hydrogen) atoms. The molecule has 370 valence electrons. The summed E-state index contributed by atoms with van der Waals surface area (Å²) in [5.74, 6) is 1.51. The van der Waals surface area contributed by atoms with Gasteiger partial charge in [-0.15, -0.1) is 43.1 Å². The predicted molar refractivity (Wildman–Crippen MR) is 274 cm³/mol. The van der Waals surface area contributed by atoms with Crippen LogP contribution in [0.15, 0.2) is 58.5 Å². The topological polar surface area (TPSA) is 188 Å². The van der Waals surface area contributed by atoms with Gasteiger partial charge in [-0.3, -0.25) is 38.3 Å². The molecule has 1 saturated heterocycles. The van der Waals surface area contributed by atoms with Gasteiger partial charge in [-0.25, -0.2) is 0 Å². The maximum Gasteiger partial charge on any atom is 0.308 e. The van der Waals surface area contributed by atoms with Crippen LogP contribution in [0, 0.1) is 41.5 Å². The molecule has 9 rings (SSSR count). The highest BCUT2D eigenvalue weighted by Gasteiger charge is 2.36. The average Bonchev–Trinajstić information content (AvgIpc) is 4.00. The molecule has 2 aromatic carbocycles. The predicted octanol–water partition coefficient (Wildman–Crippen LogP) is 9.10. The number of aliphatic imine (C=N–C) groups is 2. The van der Waals surface area contributed by atoms with E-state index in [4.69, 9.17) is 19.5 Å². The summed E-state index contributed by atoms with van der Waals surface area (Å²) in [6.45, 7) is 24.1. The molecule has 18 heteroatoms. The van der Waals surface area contributed by atoms with E-state index in [2.05, 4.69) is 53.4 Å². The number of ether oxygens (including phenoxy) is 2. The summed E-state index contributed by atoms with van der Waals surface area (Å²) in [6.07, 6.45) is 1.18. The van der Waals surface area contributed by atoms with Crippen molar-refractivity contribution in [3.8, 4) is 10.0 Å². The lowest BCUT2D eigenvalue weighted by Gasteiger charge is -2.32. The molecule has 2 atom stereocenters. The van der Waals surface area contributed by atoms with E-state index in [-0.39, 0.29) is 42.6 Å². The van der Waals surface area contributed by atoms with Gasteiger partial charge in [0.15, 0.2) is 11.6 Å². The zero-order valence-electron chi connectivity index (χ0n) is 42.4. The summed E-state index contributed by atoms with van der Waals surface area (Å²) in [6, 6.07) is 13.5. The van der Waals surface area contributed by atoms with Gasteiger partial charge in [0, 0.05) is 62.3 Å². The Hall–Kier alpha value is -6.66. The molecule has 0 bridgehead atoms. The van der Waals surface area contributed by atoms with Crippen LogP contribution in [0.5, 0.6) is 0 Å². The van der Waals surface area contributed by atoms with E-state index in [1.54, 1.807) is 34.8 Å². The van der Waals surface area contributed by atoms with E-state index < -0.39 is 23.3 Å². The largest absolute Gasteiger partial charge is 0.460 e. The second-order valence-corrected chi connectivity index (χ2v) is 23.0. The number of thiophene rings is 2. The molecule has 7 heterocycles. The first-order valence-electron chi connectivity index (χ1n) is 24.0. The van der Waals surface area contributed by atoms with E-state index in [1.165, 1.54) is 0 Å². The van der Waals surface area contributed by atoms with Crippen molar-refractivity contribution in [2.45, 2.75) is 138 Å². The SMILES string of the molecule is Cc1sc2c(c1C)C(c1ccc(C(=O)NC3CCN(C(=O)c4ccc(C5=N[C@@H](CC(=O)OC(C)(C)C)c6nnc(C)n6-c6sc(C)c(C)c65)cc4)CC3)cc1)=N[C@@H](CC(=O)OC(C)(C)C)c1nnc(C)n1-2. The Balaban J connectivity index is 0.878. The van der Waals surface area contributed by atoms with Crippen LogP contribution in [-0.2, 0) is 19.1 Å². The first kappa shape index (κ1) is 49.3. The van der Waals surface area contributed by atoms with Gasteiger partial charge in [0.25, 0.3) is 11.8 Å². The fourth-order valence-corrected chi connectivity index (χ4v) is 11.8. The number of carbonyl (C=O) groups is 4. The van der Waals surface area contributed by atoms with Gasteiger partial charge >= 0.3 is 11.9 Å². The molecule has 0 unspecified atom stereocenters. The molecule has 3 aliphatic heterocycles. The third-order valence-corrected chi connectivity index (χ3v) is 15.4. The lowest BCUT2D eigenvalue weighted by Crippen LogP contribution is -2.46. The highest BCUT2D eigenvalue weighted by Crippen LogP contribution is 2.42. The van der Waals surface area contributed by atoms with Crippen molar-refractivity contribution < 1.29 is 28.7 Å². The van der Waals surface area contributed by atoms with Crippen molar-refractivity contribution in [3.05, 3.63) is 126 Å². The van der Waals surface area contributed by atoms with Crippen molar-refractivity contribution in [1.29, 1.82) is 0 Å². The smallest absolute Gasteiger partial charge is 0.308 e. The number of piperidine rings is 1. The fourth-order valence-electron chi connectivity index (χ4n) is 9.36. The summed E-state index contributed by atoms with van der Waals surface area (Å²) in [7, 11) is 0. The quantitative estimate of drug-likeness (QED) is 0.137. The molecular formula is C53H60N10O6S2. The summed E-state index contributed by atoms with van der Waals surface area (Å²) >= 11 is 3.27. The van der Waals surface area contributed by atoms with E-state index in [0.29, 0.717) is 66.1 Å². The van der Waals surface area contributed by atoms with Crippen LogP contribution >= 0.6 is 22.7 Å². The number of nitrogens with zero attached hydrogens (tertiary/aromatic N) is 9.